The van der Waals surface area contributed by atoms with E-state index in [2.05, 4.69) is 5.32 Å². The first-order valence-electron chi connectivity index (χ1n) is 10.7. The fourth-order valence-corrected chi connectivity index (χ4v) is 4.42. The summed E-state index contributed by atoms with van der Waals surface area (Å²) < 4.78 is 5.75. The Kier molecular flexibility index (Phi) is 7.12. The largest absolute Gasteiger partial charge is 0.489 e. The van der Waals surface area contributed by atoms with Gasteiger partial charge in [-0.2, -0.15) is 11.8 Å². The molecule has 1 N–H and O–H groups in total. The van der Waals surface area contributed by atoms with Gasteiger partial charge in [-0.3, -0.25) is 9.59 Å². The molecule has 0 radical (unpaired) electrons. The molecule has 164 valence electrons. The van der Waals surface area contributed by atoms with Crippen molar-refractivity contribution in [1.82, 2.24) is 4.90 Å². The number of carbonyl (C=O) groups is 2. The lowest BCUT2D eigenvalue weighted by Gasteiger charge is -2.26. The van der Waals surface area contributed by atoms with Gasteiger partial charge in [-0.05, 0) is 60.5 Å². The third kappa shape index (κ3) is 5.51. The van der Waals surface area contributed by atoms with Gasteiger partial charge >= 0.3 is 0 Å². The van der Waals surface area contributed by atoms with Crippen LogP contribution in [0.2, 0.25) is 0 Å². The van der Waals surface area contributed by atoms with Gasteiger partial charge in [-0.1, -0.05) is 30.3 Å². The zero-order valence-corrected chi connectivity index (χ0v) is 18.9. The third-order valence-corrected chi connectivity index (χ3v) is 6.33. The van der Waals surface area contributed by atoms with Crippen LogP contribution in [0.1, 0.15) is 31.8 Å². The Morgan fingerprint density at radius 2 is 1.62 bits per heavy atom. The predicted octanol–water partition coefficient (Wildman–Crippen LogP) is 5.02. The molecule has 1 saturated heterocycles. The summed E-state index contributed by atoms with van der Waals surface area (Å²) >= 11 is 1.88. The number of ether oxygens (including phenoxy) is 1. The summed E-state index contributed by atoms with van der Waals surface area (Å²) in [5.74, 6) is 2.65. The molecule has 1 heterocycles. The van der Waals surface area contributed by atoms with Crippen LogP contribution in [0.4, 0.5) is 5.69 Å². The monoisotopic (exact) mass is 446 g/mol. The summed E-state index contributed by atoms with van der Waals surface area (Å²) in [6, 6.07) is 22.4. The van der Waals surface area contributed by atoms with Gasteiger partial charge in [-0.15, -0.1) is 0 Å². The topological polar surface area (TPSA) is 58.6 Å². The average molecular weight is 447 g/mol. The van der Waals surface area contributed by atoms with Gasteiger partial charge in [0, 0.05) is 41.4 Å². The molecule has 3 aromatic rings. The van der Waals surface area contributed by atoms with Crippen LogP contribution in [0.3, 0.4) is 0 Å². The second-order valence-corrected chi connectivity index (χ2v) is 8.91. The maximum Gasteiger partial charge on any atom is 0.255 e. The van der Waals surface area contributed by atoms with Crippen LogP contribution < -0.4 is 10.1 Å². The molecular formula is C26H26N2O3S. The van der Waals surface area contributed by atoms with E-state index >= 15 is 0 Å². The molecule has 1 aliphatic rings. The summed E-state index contributed by atoms with van der Waals surface area (Å²) in [5.41, 5.74) is 3.79. The van der Waals surface area contributed by atoms with Crippen molar-refractivity contribution >= 4 is 29.3 Å². The number of hydrogen-bond acceptors (Lipinski definition) is 4. The van der Waals surface area contributed by atoms with E-state index in [4.69, 9.17) is 4.74 Å². The Balaban J connectivity index is 1.36. The van der Waals surface area contributed by atoms with Crippen molar-refractivity contribution in [1.29, 1.82) is 0 Å². The van der Waals surface area contributed by atoms with Gasteiger partial charge in [0.05, 0.1) is 0 Å². The minimum atomic E-state index is -0.184. The Labute approximate surface area is 192 Å². The molecule has 0 bridgehead atoms. The number of benzene rings is 3. The van der Waals surface area contributed by atoms with Gasteiger partial charge in [0.15, 0.2) is 0 Å². The number of nitrogens with one attached hydrogen (secondary N) is 1. The SMILES string of the molecule is Cc1cc(C(=O)N2CCSCC2)ccc1NC(=O)c1ccc(COc2ccccc2)cc1. The molecule has 0 saturated carbocycles. The number of nitrogens with zero attached hydrogens (tertiary/aromatic N) is 1. The molecule has 3 aromatic carbocycles. The highest BCUT2D eigenvalue weighted by Crippen LogP contribution is 2.20. The van der Waals surface area contributed by atoms with Crippen LogP contribution in [0, 0.1) is 6.92 Å². The normalized spacial score (nSPS) is 13.5. The molecule has 1 fully saturated rings. The average Bonchev–Trinajstić information content (AvgIpc) is 2.85. The highest BCUT2D eigenvalue weighted by atomic mass is 32.2. The summed E-state index contributed by atoms with van der Waals surface area (Å²) in [6.07, 6.45) is 0. The highest BCUT2D eigenvalue weighted by Gasteiger charge is 2.19. The van der Waals surface area contributed by atoms with Crippen molar-refractivity contribution in [2.45, 2.75) is 13.5 Å². The molecular weight excluding hydrogens is 420 g/mol. The minimum Gasteiger partial charge on any atom is -0.489 e. The Hall–Kier alpha value is -3.25. The first-order valence-corrected chi connectivity index (χ1v) is 11.8. The van der Waals surface area contributed by atoms with Crippen LogP contribution in [-0.2, 0) is 6.61 Å². The Bertz CT molecular complexity index is 1080. The van der Waals surface area contributed by atoms with Crippen LogP contribution in [-0.4, -0.2) is 41.3 Å². The molecule has 6 heteroatoms. The number of carbonyl (C=O) groups excluding carboxylic acids is 2. The fraction of sp³-hybridized carbons (Fsp3) is 0.231. The summed E-state index contributed by atoms with van der Waals surface area (Å²) in [6.45, 7) is 3.92. The second-order valence-electron chi connectivity index (χ2n) is 7.69. The molecule has 0 atom stereocenters. The molecule has 5 nitrogen and oxygen atoms in total. The maximum absolute atomic E-state index is 12.7. The van der Waals surface area contributed by atoms with Crippen LogP contribution in [0.5, 0.6) is 5.75 Å². The number of aryl methyl sites for hydroxylation is 1. The minimum absolute atomic E-state index is 0.0552. The van der Waals surface area contributed by atoms with Crippen LogP contribution >= 0.6 is 11.8 Å². The number of amides is 2. The number of rotatable bonds is 6. The van der Waals surface area contributed by atoms with E-state index in [0.29, 0.717) is 23.4 Å². The van der Waals surface area contributed by atoms with E-state index in [1.807, 2.05) is 72.1 Å². The summed E-state index contributed by atoms with van der Waals surface area (Å²) in [5, 5.41) is 2.95. The molecule has 2 amide bonds. The predicted molar refractivity (Wildman–Crippen MR) is 130 cm³/mol. The lowest BCUT2D eigenvalue weighted by Crippen LogP contribution is -2.37. The highest BCUT2D eigenvalue weighted by molar-refractivity contribution is 7.99. The van der Waals surface area contributed by atoms with Crippen molar-refractivity contribution in [3.05, 3.63) is 95.1 Å². The van der Waals surface area contributed by atoms with E-state index < -0.39 is 0 Å². The molecule has 0 spiro atoms. The van der Waals surface area contributed by atoms with Gasteiger partial charge in [0.25, 0.3) is 11.8 Å². The molecule has 0 unspecified atom stereocenters. The van der Waals surface area contributed by atoms with Crippen molar-refractivity contribution in [2.24, 2.45) is 0 Å². The molecule has 0 aliphatic carbocycles. The standard InChI is InChI=1S/C26H26N2O3S/c1-19-17-22(26(30)28-13-15-32-16-14-28)11-12-24(19)27-25(29)21-9-7-20(8-10-21)18-31-23-5-3-2-4-6-23/h2-12,17H,13-16,18H2,1H3,(H,27,29). The van der Waals surface area contributed by atoms with Crippen LogP contribution in [0.15, 0.2) is 72.8 Å². The van der Waals surface area contributed by atoms with Crippen molar-refractivity contribution in [2.75, 3.05) is 29.9 Å². The quantitative estimate of drug-likeness (QED) is 0.578. The summed E-state index contributed by atoms with van der Waals surface area (Å²) in [7, 11) is 0. The van der Waals surface area contributed by atoms with Crippen molar-refractivity contribution in [3.63, 3.8) is 0 Å². The number of thioether (sulfide) groups is 1. The Morgan fingerprint density at radius 1 is 0.938 bits per heavy atom. The van der Waals surface area contributed by atoms with E-state index in [9.17, 15) is 9.59 Å². The number of hydrogen-bond donors (Lipinski definition) is 1. The Morgan fingerprint density at radius 3 is 2.31 bits per heavy atom. The number of para-hydroxylation sites is 1. The number of anilines is 1. The fourth-order valence-electron chi connectivity index (χ4n) is 3.52. The second kappa shape index (κ2) is 10.4. The zero-order valence-electron chi connectivity index (χ0n) is 18.0. The summed E-state index contributed by atoms with van der Waals surface area (Å²) in [4.78, 5) is 27.3. The van der Waals surface area contributed by atoms with E-state index in [1.165, 1.54) is 0 Å². The molecule has 4 rings (SSSR count). The van der Waals surface area contributed by atoms with Gasteiger partial charge in [0.2, 0.25) is 0 Å². The van der Waals surface area contributed by atoms with Gasteiger partial charge in [0.1, 0.15) is 12.4 Å². The van der Waals surface area contributed by atoms with Crippen molar-refractivity contribution in [3.8, 4) is 5.75 Å². The maximum atomic E-state index is 12.7. The van der Waals surface area contributed by atoms with Crippen LogP contribution in [0.25, 0.3) is 0 Å². The lowest BCUT2D eigenvalue weighted by atomic mass is 10.1. The third-order valence-electron chi connectivity index (χ3n) is 5.38. The first-order chi connectivity index (χ1) is 15.6. The molecule has 32 heavy (non-hydrogen) atoms. The van der Waals surface area contributed by atoms with Gasteiger partial charge < -0.3 is 15.0 Å². The van der Waals surface area contributed by atoms with E-state index in [-0.39, 0.29) is 11.8 Å². The van der Waals surface area contributed by atoms with Gasteiger partial charge in [-0.25, -0.2) is 0 Å². The molecule has 0 aromatic heterocycles. The lowest BCUT2D eigenvalue weighted by molar-refractivity contribution is 0.0772. The zero-order chi connectivity index (χ0) is 22.3. The smallest absolute Gasteiger partial charge is 0.255 e. The first kappa shape index (κ1) is 22.0. The van der Waals surface area contributed by atoms with E-state index in [1.54, 1.807) is 24.3 Å². The molecule has 1 aliphatic heterocycles. The van der Waals surface area contributed by atoms with Crippen molar-refractivity contribution < 1.29 is 14.3 Å². The van der Waals surface area contributed by atoms with E-state index in [0.717, 1.165) is 41.5 Å².